The molecule has 1 rings (SSSR count). The molecule has 1 unspecified atom stereocenters. The summed E-state index contributed by atoms with van der Waals surface area (Å²) >= 11 is 15.3. The van der Waals surface area contributed by atoms with E-state index in [1.807, 2.05) is 0 Å². The minimum absolute atomic E-state index is 1.60. The van der Waals surface area contributed by atoms with Gasteiger partial charge in [0.1, 0.15) is 6.10 Å². The molecule has 1 aromatic carbocycles. The first-order valence-electron chi connectivity index (χ1n) is 3.85. The van der Waals surface area contributed by atoms with Gasteiger partial charge in [0.25, 0.3) is 0 Å². The Bertz CT molecular complexity index is 430. The summed E-state index contributed by atoms with van der Waals surface area (Å²) in [5.74, 6) is -11.3. The highest BCUT2D eigenvalue weighted by Crippen LogP contribution is 2.42. The van der Waals surface area contributed by atoms with E-state index >= 15 is 0 Å². The average molecular weight is 315 g/mol. The largest absolute Gasteiger partial charge is 0.384 e. The van der Waals surface area contributed by atoms with Gasteiger partial charge in [-0.1, -0.05) is 34.8 Å². The molecule has 0 spiro atoms. The van der Waals surface area contributed by atoms with Crippen molar-refractivity contribution in [1.82, 2.24) is 0 Å². The van der Waals surface area contributed by atoms with Crippen LogP contribution in [0.25, 0.3) is 0 Å². The number of benzene rings is 1. The van der Waals surface area contributed by atoms with Crippen molar-refractivity contribution < 1.29 is 27.1 Å². The molecule has 1 N–H and O–H groups in total. The van der Waals surface area contributed by atoms with Crippen molar-refractivity contribution in [3.63, 3.8) is 0 Å². The molecule has 0 fully saturated rings. The second kappa shape index (κ2) is 4.76. The normalized spacial score (nSPS) is 13.9. The van der Waals surface area contributed by atoms with E-state index in [2.05, 4.69) is 0 Å². The maximum absolute atomic E-state index is 13.1. The van der Waals surface area contributed by atoms with Crippen LogP contribution in [0.3, 0.4) is 0 Å². The van der Waals surface area contributed by atoms with Gasteiger partial charge in [0.15, 0.2) is 23.3 Å². The fourth-order valence-corrected chi connectivity index (χ4v) is 1.35. The molecular weight excluding hydrogens is 313 g/mol. The molecule has 0 aliphatic heterocycles. The van der Waals surface area contributed by atoms with Crippen molar-refractivity contribution in [2.24, 2.45) is 0 Å². The highest BCUT2D eigenvalue weighted by Gasteiger charge is 2.39. The summed E-state index contributed by atoms with van der Waals surface area (Å²) in [5, 5.41) is 9.23. The number of aliphatic hydroxyl groups is 1. The Morgan fingerprint density at radius 1 is 0.765 bits per heavy atom. The zero-order valence-electron chi connectivity index (χ0n) is 7.55. The molecule has 1 aromatic rings. The molecule has 9 heteroatoms. The molecule has 1 atom stereocenters. The van der Waals surface area contributed by atoms with Crippen LogP contribution in [0.1, 0.15) is 11.7 Å². The van der Waals surface area contributed by atoms with Crippen LogP contribution in [0.15, 0.2) is 0 Å². The predicted molar refractivity (Wildman–Crippen MR) is 51.5 cm³/mol. The molecule has 0 saturated carbocycles. The van der Waals surface area contributed by atoms with Crippen molar-refractivity contribution in [1.29, 1.82) is 0 Å². The van der Waals surface area contributed by atoms with Crippen LogP contribution in [-0.4, -0.2) is 8.90 Å². The van der Waals surface area contributed by atoms with Crippen LogP contribution in [0, 0.1) is 29.1 Å². The molecule has 0 saturated heterocycles. The summed E-state index contributed by atoms with van der Waals surface area (Å²) in [7, 11) is 0. The molecule has 0 amide bonds. The van der Waals surface area contributed by atoms with E-state index in [0.717, 1.165) is 0 Å². The number of hydrogen-bond acceptors (Lipinski definition) is 1. The molecule has 1 nitrogen and oxygen atoms in total. The lowest BCUT2D eigenvalue weighted by molar-refractivity contribution is 0.167. The van der Waals surface area contributed by atoms with Gasteiger partial charge < -0.3 is 5.11 Å². The lowest BCUT2D eigenvalue weighted by atomic mass is 10.1. The average Bonchev–Trinajstić information content (AvgIpc) is 2.22. The van der Waals surface area contributed by atoms with Gasteiger partial charge in [-0.25, -0.2) is 22.0 Å². The Balaban J connectivity index is 3.55. The maximum Gasteiger partial charge on any atom is 0.220 e. The fourth-order valence-electron chi connectivity index (χ4n) is 1.03. The van der Waals surface area contributed by atoms with Gasteiger partial charge in [0.2, 0.25) is 9.61 Å². The molecule has 0 aromatic heterocycles. The van der Waals surface area contributed by atoms with Crippen molar-refractivity contribution in [3.05, 3.63) is 34.6 Å². The summed E-state index contributed by atoms with van der Waals surface area (Å²) in [5.41, 5.74) is -1.60. The lowest BCUT2D eigenvalue weighted by Crippen LogP contribution is -2.21. The first-order valence-corrected chi connectivity index (χ1v) is 4.98. The Hall–Kier alpha value is -0.300. The first kappa shape index (κ1) is 14.8. The van der Waals surface area contributed by atoms with Crippen LogP contribution in [0.4, 0.5) is 22.0 Å². The zero-order valence-corrected chi connectivity index (χ0v) is 9.82. The van der Waals surface area contributed by atoms with Gasteiger partial charge in [0, 0.05) is 0 Å². The summed E-state index contributed by atoms with van der Waals surface area (Å²) < 4.78 is 61.8. The molecule has 0 radical (unpaired) electrons. The predicted octanol–water partition coefficient (Wildman–Crippen LogP) is 3.79. The number of aliphatic hydroxyl groups excluding tert-OH is 1. The smallest absolute Gasteiger partial charge is 0.220 e. The topological polar surface area (TPSA) is 20.2 Å². The van der Waals surface area contributed by atoms with Crippen molar-refractivity contribution in [3.8, 4) is 0 Å². The highest BCUT2D eigenvalue weighted by molar-refractivity contribution is 6.68. The van der Waals surface area contributed by atoms with E-state index in [1.54, 1.807) is 0 Å². The number of alkyl halides is 3. The molecule has 0 aliphatic carbocycles. The second-order valence-electron chi connectivity index (χ2n) is 2.93. The van der Waals surface area contributed by atoms with E-state index in [9.17, 15) is 27.1 Å². The molecule has 96 valence electrons. The van der Waals surface area contributed by atoms with Gasteiger partial charge >= 0.3 is 0 Å². The third-order valence-corrected chi connectivity index (χ3v) is 2.45. The standard InChI is InChI=1S/C8H2Cl3F5O/c9-8(10,11)7(17)1-2(12)4(14)6(16)5(15)3(1)13/h7,17H. The van der Waals surface area contributed by atoms with Crippen molar-refractivity contribution in [2.75, 3.05) is 0 Å². The second-order valence-corrected chi connectivity index (χ2v) is 5.30. The quantitative estimate of drug-likeness (QED) is 0.362. The molecule has 17 heavy (non-hydrogen) atoms. The van der Waals surface area contributed by atoms with E-state index < -0.39 is 44.5 Å². The van der Waals surface area contributed by atoms with Crippen LogP contribution in [0.2, 0.25) is 0 Å². The molecular formula is C8H2Cl3F5O. The van der Waals surface area contributed by atoms with Gasteiger partial charge in [-0.05, 0) is 0 Å². The van der Waals surface area contributed by atoms with E-state index in [0.29, 0.717) is 0 Å². The zero-order chi connectivity index (χ0) is 13.5. The van der Waals surface area contributed by atoms with Gasteiger partial charge in [-0.3, -0.25) is 0 Å². The fraction of sp³-hybridized carbons (Fsp3) is 0.250. The summed E-state index contributed by atoms with van der Waals surface area (Å²) in [4.78, 5) is 0. The third kappa shape index (κ3) is 2.59. The summed E-state index contributed by atoms with van der Waals surface area (Å²) in [6.07, 6.45) is -2.50. The summed E-state index contributed by atoms with van der Waals surface area (Å²) in [6.45, 7) is 0. The summed E-state index contributed by atoms with van der Waals surface area (Å²) in [6, 6.07) is 0. The minimum Gasteiger partial charge on any atom is -0.384 e. The number of rotatable bonds is 1. The van der Waals surface area contributed by atoms with Crippen LogP contribution in [-0.2, 0) is 0 Å². The lowest BCUT2D eigenvalue weighted by Gasteiger charge is -2.20. The van der Waals surface area contributed by atoms with Crippen LogP contribution >= 0.6 is 34.8 Å². The number of hydrogen-bond donors (Lipinski definition) is 1. The van der Waals surface area contributed by atoms with Crippen LogP contribution in [0.5, 0.6) is 0 Å². The van der Waals surface area contributed by atoms with E-state index in [-0.39, 0.29) is 0 Å². The minimum atomic E-state index is -2.64. The van der Waals surface area contributed by atoms with E-state index in [1.165, 1.54) is 0 Å². The molecule has 0 aliphatic rings. The monoisotopic (exact) mass is 314 g/mol. The highest BCUT2D eigenvalue weighted by atomic mass is 35.6. The third-order valence-electron chi connectivity index (χ3n) is 1.83. The Labute approximate surface area is 107 Å². The van der Waals surface area contributed by atoms with Gasteiger partial charge in [-0.15, -0.1) is 0 Å². The Morgan fingerprint density at radius 3 is 1.35 bits per heavy atom. The van der Waals surface area contributed by atoms with Crippen LogP contribution < -0.4 is 0 Å². The maximum atomic E-state index is 13.1. The first-order chi connectivity index (χ1) is 7.59. The SMILES string of the molecule is OC(c1c(F)c(F)c(F)c(F)c1F)C(Cl)(Cl)Cl. The van der Waals surface area contributed by atoms with Crippen molar-refractivity contribution >= 4 is 34.8 Å². The van der Waals surface area contributed by atoms with E-state index in [4.69, 9.17) is 34.8 Å². The Morgan fingerprint density at radius 2 is 1.06 bits per heavy atom. The van der Waals surface area contributed by atoms with Gasteiger partial charge in [-0.2, -0.15) is 0 Å². The Kier molecular flexibility index (Phi) is 4.13. The molecule has 0 bridgehead atoms. The molecule has 0 heterocycles. The number of halogens is 8. The van der Waals surface area contributed by atoms with Gasteiger partial charge in [0.05, 0.1) is 5.56 Å². The van der Waals surface area contributed by atoms with Crippen molar-refractivity contribution in [2.45, 2.75) is 9.90 Å².